The number of thiazole rings is 1. The van der Waals surface area contributed by atoms with Gasteiger partial charge in [-0.1, -0.05) is 6.07 Å². The van der Waals surface area contributed by atoms with Gasteiger partial charge in [0.15, 0.2) is 0 Å². The molecule has 0 N–H and O–H groups in total. The number of hydrogen-bond acceptors (Lipinski definition) is 4. The molecule has 0 aliphatic rings. The van der Waals surface area contributed by atoms with Crippen LogP contribution in [0.25, 0.3) is 21.8 Å². The Labute approximate surface area is 161 Å². The average molecular weight is 381 g/mol. The Morgan fingerprint density at radius 1 is 1.08 bits per heavy atom. The van der Waals surface area contributed by atoms with Crippen molar-refractivity contribution in [3.63, 3.8) is 0 Å². The van der Waals surface area contributed by atoms with Gasteiger partial charge in [-0.25, -0.2) is 4.98 Å². The van der Waals surface area contributed by atoms with Crippen LogP contribution in [0, 0.1) is 13.8 Å². The van der Waals surface area contributed by atoms with Gasteiger partial charge in [-0.15, -0.1) is 22.7 Å². The first-order valence-electron chi connectivity index (χ1n) is 8.45. The molecule has 0 unspecified atom stereocenters. The minimum atomic E-state index is 0.864. The highest BCUT2D eigenvalue weighted by Crippen LogP contribution is 2.33. The lowest BCUT2D eigenvalue weighted by molar-refractivity contribution is 0.415. The molecular formula is C21H20N2OS2. The van der Waals surface area contributed by atoms with Crippen molar-refractivity contribution >= 4 is 22.7 Å². The predicted octanol–water partition coefficient (Wildman–Crippen LogP) is 6.01. The molecule has 0 atom stereocenters. The molecule has 4 rings (SSSR count). The topological polar surface area (TPSA) is 27.1 Å². The molecule has 0 spiro atoms. The van der Waals surface area contributed by atoms with Crippen molar-refractivity contribution in [2.75, 3.05) is 7.11 Å². The summed E-state index contributed by atoms with van der Waals surface area (Å²) < 4.78 is 7.60. The van der Waals surface area contributed by atoms with E-state index in [-0.39, 0.29) is 0 Å². The number of aryl methyl sites for hydroxylation is 1. The van der Waals surface area contributed by atoms with Crippen LogP contribution in [-0.2, 0) is 6.54 Å². The van der Waals surface area contributed by atoms with E-state index in [1.54, 1.807) is 29.8 Å². The summed E-state index contributed by atoms with van der Waals surface area (Å²) in [6.45, 7) is 5.27. The molecule has 0 aliphatic heterocycles. The third-order valence-electron chi connectivity index (χ3n) is 4.58. The molecule has 26 heavy (non-hydrogen) atoms. The lowest BCUT2D eigenvalue weighted by Crippen LogP contribution is -2.02. The van der Waals surface area contributed by atoms with Crippen molar-refractivity contribution in [3.8, 4) is 27.6 Å². The molecule has 0 aliphatic carbocycles. The van der Waals surface area contributed by atoms with Crippen LogP contribution >= 0.6 is 22.7 Å². The van der Waals surface area contributed by atoms with Crippen LogP contribution in [0.15, 0.2) is 53.2 Å². The van der Waals surface area contributed by atoms with E-state index < -0.39 is 0 Å². The third-order valence-corrected chi connectivity index (χ3v) is 6.34. The standard InChI is InChI=1S/C21H20N2OS2/c1-14-11-19(15(2)23(14)12-18-5-4-10-25-18)20-13-26-21(22-20)16-6-8-17(24-3)9-7-16/h4-11,13H,12H2,1-3H3. The van der Waals surface area contributed by atoms with Crippen LogP contribution in [-0.4, -0.2) is 16.7 Å². The van der Waals surface area contributed by atoms with Crippen molar-refractivity contribution in [1.29, 1.82) is 0 Å². The van der Waals surface area contributed by atoms with Gasteiger partial charge in [-0.05, 0) is 55.6 Å². The van der Waals surface area contributed by atoms with Crippen molar-refractivity contribution in [1.82, 2.24) is 9.55 Å². The zero-order chi connectivity index (χ0) is 18.1. The fourth-order valence-electron chi connectivity index (χ4n) is 3.13. The zero-order valence-corrected chi connectivity index (χ0v) is 16.7. The van der Waals surface area contributed by atoms with E-state index in [0.29, 0.717) is 0 Å². The molecule has 132 valence electrons. The van der Waals surface area contributed by atoms with E-state index in [9.17, 15) is 0 Å². The summed E-state index contributed by atoms with van der Waals surface area (Å²) >= 11 is 3.48. The minimum absolute atomic E-state index is 0.864. The normalized spacial score (nSPS) is 11.0. The van der Waals surface area contributed by atoms with Crippen molar-refractivity contribution in [2.24, 2.45) is 0 Å². The first-order valence-corrected chi connectivity index (χ1v) is 10.2. The van der Waals surface area contributed by atoms with Gasteiger partial charge in [-0.2, -0.15) is 0 Å². The second-order valence-electron chi connectivity index (χ2n) is 6.22. The van der Waals surface area contributed by atoms with Gasteiger partial charge >= 0.3 is 0 Å². The number of thiophene rings is 1. The first kappa shape index (κ1) is 17.1. The summed E-state index contributed by atoms with van der Waals surface area (Å²) in [5.41, 5.74) is 5.92. The third kappa shape index (κ3) is 3.20. The number of benzene rings is 1. The Bertz CT molecular complexity index is 1010. The zero-order valence-electron chi connectivity index (χ0n) is 15.0. The molecule has 4 aromatic rings. The molecule has 0 amide bonds. The number of ether oxygens (including phenoxy) is 1. The van der Waals surface area contributed by atoms with Crippen molar-refractivity contribution < 1.29 is 4.74 Å². The van der Waals surface area contributed by atoms with E-state index in [2.05, 4.69) is 59.5 Å². The van der Waals surface area contributed by atoms with E-state index in [1.807, 2.05) is 12.1 Å². The van der Waals surface area contributed by atoms with Gasteiger partial charge in [0.05, 0.1) is 19.3 Å². The second kappa shape index (κ2) is 7.09. The molecule has 3 heterocycles. The van der Waals surface area contributed by atoms with Gasteiger partial charge in [0.25, 0.3) is 0 Å². The lowest BCUT2D eigenvalue weighted by Gasteiger charge is -2.08. The van der Waals surface area contributed by atoms with Gasteiger partial charge < -0.3 is 9.30 Å². The Balaban J connectivity index is 1.65. The van der Waals surface area contributed by atoms with E-state index in [0.717, 1.165) is 28.6 Å². The Morgan fingerprint density at radius 3 is 2.58 bits per heavy atom. The molecule has 1 aromatic carbocycles. The summed E-state index contributed by atoms with van der Waals surface area (Å²) in [5, 5.41) is 5.31. The van der Waals surface area contributed by atoms with Crippen LogP contribution in [0.1, 0.15) is 16.3 Å². The maximum Gasteiger partial charge on any atom is 0.124 e. The number of methoxy groups -OCH3 is 1. The van der Waals surface area contributed by atoms with E-state index >= 15 is 0 Å². The summed E-state index contributed by atoms with van der Waals surface area (Å²) in [7, 11) is 1.68. The maximum absolute atomic E-state index is 5.24. The monoisotopic (exact) mass is 380 g/mol. The Morgan fingerprint density at radius 2 is 1.88 bits per heavy atom. The number of hydrogen-bond donors (Lipinski definition) is 0. The second-order valence-corrected chi connectivity index (χ2v) is 8.11. The predicted molar refractivity (Wildman–Crippen MR) is 110 cm³/mol. The Kier molecular flexibility index (Phi) is 4.66. The minimum Gasteiger partial charge on any atom is -0.497 e. The Hall–Kier alpha value is -2.37. The van der Waals surface area contributed by atoms with E-state index in [1.165, 1.54) is 21.8 Å². The quantitative estimate of drug-likeness (QED) is 0.424. The molecular weight excluding hydrogens is 360 g/mol. The average Bonchev–Trinajstić information content (AvgIpc) is 3.39. The number of aromatic nitrogens is 2. The maximum atomic E-state index is 5.24. The number of nitrogens with zero attached hydrogens (tertiary/aromatic N) is 2. The SMILES string of the molecule is COc1ccc(-c2nc(-c3cc(C)n(Cc4cccs4)c3C)cs2)cc1. The number of rotatable bonds is 5. The summed E-state index contributed by atoms with van der Waals surface area (Å²) in [5.74, 6) is 0.864. The first-order chi connectivity index (χ1) is 12.7. The molecule has 0 fully saturated rings. The largest absolute Gasteiger partial charge is 0.497 e. The van der Waals surface area contributed by atoms with E-state index in [4.69, 9.17) is 9.72 Å². The fraction of sp³-hybridized carbons (Fsp3) is 0.190. The molecule has 3 nitrogen and oxygen atoms in total. The smallest absolute Gasteiger partial charge is 0.124 e. The highest BCUT2D eigenvalue weighted by molar-refractivity contribution is 7.13. The fourth-order valence-corrected chi connectivity index (χ4v) is 4.64. The van der Waals surface area contributed by atoms with Crippen LogP contribution in [0.2, 0.25) is 0 Å². The summed E-state index contributed by atoms with van der Waals surface area (Å²) in [6.07, 6.45) is 0. The van der Waals surface area contributed by atoms with Gasteiger partial charge in [0, 0.05) is 32.8 Å². The summed E-state index contributed by atoms with van der Waals surface area (Å²) in [4.78, 5) is 6.26. The van der Waals surface area contributed by atoms with Crippen LogP contribution < -0.4 is 4.74 Å². The molecule has 5 heteroatoms. The van der Waals surface area contributed by atoms with Crippen molar-refractivity contribution in [2.45, 2.75) is 20.4 Å². The molecule has 0 bridgehead atoms. The molecule has 0 radical (unpaired) electrons. The molecule has 0 saturated carbocycles. The highest BCUT2D eigenvalue weighted by atomic mass is 32.1. The van der Waals surface area contributed by atoms with Crippen molar-refractivity contribution in [3.05, 3.63) is 69.5 Å². The van der Waals surface area contributed by atoms with Crippen LogP contribution in [0.3, 0.4) is 0 Å². The lowest BCUT2D eigenvalue weighted by atomic mass is 10.2. The molecule has 3 aromatic heterocycles. The van der Waals surface area contributed by atoms with Crippen LogP contribution in [0.4, 0.5) is 0 Å². The highest BCUT2D eigenvalue weighted by Gasteiger charge is 2.15. The van der Waals surface area contributed by atoms with Gasteiger partial charge in [-0.3, -0.25) is 0 Å². The van der Waals surface area contributed by atoms with Crippen LogP contribution in [0.5, 0.6) is 5.75 Å². The van der Waals surface area contributed by atoms with Gasteiger partial charge in [0.1, 0.15) is 10.8 Å². The van der Waals surface area contributed by atoms with Gasteiger partial charge in [0.2, 0.25) is 0 Å². The molecule has 0 saturated heterocycles. The summed E-state index contributed by atoms with van der Waals surface area (Å²) in [6, 6.07) is 14.6.